The van der Waals surface area contributed by atoms with Gasteiger partial charge in [-0.05, 0) is 24.6 Å². The molecule has 0 heterocycles. The van der Waals surface area contributed by atoms with Crippen molar-refractivity contribution in [2.45, 2.75) is 25.5 Å². The van der Waals surface area contributed by atoms with Crippen LogP contribution in [0.3, 0.4) is 0 Å². The Labute approximate surface area is 129 Å². The summed E-state index contributed by atoms with van der Waals surface area (Å²) >= 11 is 6.26. The van der Waals surface area contributed by atoms with Crippen molar-refractivity contribution in [2.24, 2.45) is 5.73 Å². The smallest absolute Gasteiger partial charge is 0.140 e. The lowest BCUT2D eigenvalue weighted by atomic mass is 10.0. The third-order valence-electron chi connectivity index (χ3n) is 3.33. The van der Waals surface area contributed by atoms with Crippen molar-refractivity contribution in [3.63, 3.8) is 0 Å². The van der Waals surface area contributed by atoms with Crippen LogP contribution in [-0.4, -0.2) is 6.04 Å². The van der Waals surface area contributed by atoms with E-state index in [1.807, 2.05) is 37.3 Å². The lowest BCUT2D eigenvalue weighted by molar-refractivity contribution is 0.170. The molecular formula is C17H17ClN2O. The molecule has 3 nitrogen and oxygen atoms in total. The van der Waals surface area contributed by atoms with E-state index in [9.17, 15) is 0 Å². The Morgan fingerprint density at radius 2 is 1.86 bits per heavy atom. The van der Waals surface area contributed by atoms with Crippen LogP contribution in [-0.2, 0) is 0 Å². The molecule has 0 aromatic heterocycles. The van der Waals surface area contributed by atoms with Crippen LogP contribution >= 0.6 is 11.6 Å². The first-order valence-corrected chi connectivity index (χ1v) is 7.21. The summed E-state index contributed by atoms with van der Waals surface area (Å²) in [6.07, 6.45) is 0.350. The number of nitrogens with two attached hydrogens (primary N) is 1. The molecule has 0 radical (unpaired) electrons. The van der Waals surface area contributed by atoms with E-state index in [0.29, 0.717) is 16.3 Å². The maximum Gasteiger partial charge on any atom is 0.140 e. The Bertz CT molecular complexity index is 651. The molecule has 4 heteroatoms. The molecule has 108 valence electrons. The molecule has 2 unspecified atom stereocenters. The summed E-state index contributed by atoms with van der Waals surface area (Å²) in [5.74, 6) is 0.522. The molecular weight excluding hydrogens is 284 g/mol. The number of benzene rings is 2. The minimum Gasteiger partial charge on any atom is -0.483 e. The van der Waals surface area contributed by atoms with Gasteiger partial charge in [-0.15, -0.1) is 0 Å². The highest BCUT2D eigenvalue weighted by molar-refractivity contribution is 6.31. The minimum atomic E-state index is -0.391. The van der Waals surface area contributed by atoms with Gasteiger partial charge >= 0.3 is 0 Å². The van der Waals surface area contributed by atoms with Crippen LogP contribution < -0.4 is 10.5 Å². The number of ether oxygens (including phenoxy) is 1. The van der Waals surface area contributed by atoms with E-state index in [2.05, 4.69) is 6.07 Å². The minimum absolute atomic E-state index is 0.211. The van der Waals surface area contributed by atoms with Gasteiger partial charge in [0.2, 0.25) is 0 Å². The number of rotatable bonds is 5. The molecule has 0 amide bonds. The highest BCUT2D eigenvalue weighted by Crippen LogP contribution is 2.31. The van der Waals surface area contributed by atoms with Gasteiger partial charge in [-0.1, -0.05) is 48.9 Å². The second kappa shape index (κ2) is 7.12. The molecule has 2 aromatic carbocycles. The summed E-state index contributed by atoms with van der Waals surface area (Å²) in [5.41, 5.74) is 7.51. The summed E-state index contributed by atoms with van der Waals surface area (Å²) in [5, 5.41) is 9.78. The quantitative estimate of drug-likeness (QED) is 0.905. The van der Waals surface area contributed by atoms with Crippen LogP contribution in [0.1, 0.15) is 30.6 Å². The van der Waals surface area contributed by atoms with Gasteiger partial charge in [-0.3, -0.25) is 0 Å². The SMILES string of the molecule is CCC(N)C(Oc1ccccc1C#N)c1ccccc1Cl. The molecule has 0 aliphatic heterocycles. The third kappa shape index (κ3) is 3.55. The summed E-state index contributed by atoms with van der Waals surface area (Å²) in [4.78, 5) is 0. The first kappa shape index (κ1) is 15.4. The molecule has 0 fully saturated rings. The van der Waals surface area contributed by atoms with Crippen LogP contribution in [0.5, 0.6) is 5.75 Å². The fraction of sp³-hybridized carbons (Fsp3) is 0.235. The van der Waals surface area contributed by atoms with Crippen LogP contribution in [0.25, 0.3) is 0 Å². The van der Waals surface area contributed by atoms with E-state index < -0.39 is 6.10 Å². The number of para-hydroxylation sites is 1. The van der Waals surface area contributed by atoms with Gasteiger partial charge in [0, 0.05) is 16.6 Å². The fourth-order valence-electron chi connectivity index (χ4n) is 2.10. The van der Waals surface area contributed by atoms with Crippen molar-refractivity contribution in [3.8, 4) is 11.8 Å². The largest absolute Gasteiger partial charge is 0.483 e. The van der Waals surface area contributed by atoms with Gasteiger partial charge in [0.1, 0.15) is 17.9 Å². The van der Waals surface area contributed by atoms with Gasteiger partial charge in [0.25, 0.3) is 0 Å². The first-order chi connectivity index (χ1) is 10.2. The summed E-state index contributed by atoms with van der Waals surface area (Å²) < 4.78 is 6.02. The zero-order valence-electron chi connectivity index (χ0n) is 11.8. The van der Waals surface area contributed by atoms with Crippen molar-refractivity contribution < 1.29 is 4.74 Å². The first-order valence-electron chi connectivity index (χ1n) is 6.83. The van der Waals surface area contributed by atoms with Gasteiger partial charge in [-0.25, -0.2) is 0 Å². The van der Waals surface area contributed by atoms with Crippen LogP contribution in [0.2, 0.25) is 5.02 Å². The topological polar surface area (TPSA) is 59.0 Å². The number of nitrogens with zero attached hydrogens (tertiary/aromatic N) is 1. The number of halogens is 1. The van der Waals surface area contributed by atoms with Crippen molar-refractivity contribution in [2.75, 3.05) is 0 Å². The van der Waals surface area contributed by atoms with Crippen molar-refractivity contribution in [1.82, 2.24) is 0 Å². The molecule has 2 rings (SSSR count). The van der Waals surface area contributed by atoms with Gasteiger partial charge < -0.3 is 10.5 Å². The van der Waals surface area contributed by atoms with E-state index >= 15 is 0 Å². The van der Waals surface area contributed by atoms with E-state index in [0.717, 1.165) is 12.0 Å². The number of hydrogen-bond donors (Lipinski definition) is 1. The van der Waals surface area contributed by atoms with E-state index in [1.54, 1.807) is 18.2 Å². The molecule has 2 N–H and O–H groups in total. The second-order valence-electron chi connectivity index (χ2n) is 4.74. The number of nitriles is 1. The maximum absolute atomic E-state index is 9.16. The standard InChI is InChI=1S/C17H17ClN2O/c1-2-15(20)17(13-8-4-5-9-14(13)18)21-16-10-6-3-7-12(16)11-19/h3-10,15,17H,2,20H2,1H3. The number of hydrogen-bond acceptors (Lipinski definition) is 3. The molecule has 0 saturated heterocycles. The summed E-state index contributed by atoms with van der Waals surface area (Å²) in [7, 11) is 0. The Morgan fingerprint density at radius 3 is 2.52 bits per heavy atom. The molecule has 0 saturated carbocycles. The Kier molecular flexibility index (Phi) is 5.21. The van der Waals surface area contributed by atoms with Crippen LogP contribution in [0.15, 0.2) is 48.5 Å². The monoisotopic (exact) mass is 300 g/mol. The van der Waals surface area contributed by atoms with Crippen molar-refractivity contribution >= 4 is 11.6 Å². The highest BCUT2D eigenvalue weighted by atomic mass is 35.5. The van der Waals surface area contributed by atoms with Crippen LogP contribution in [0, 0.1) is 11.3 Å². The Morgan fingerprint density at radius 1 is 1.19 bits per heavy atom. The summed E-state index contributed by atoms with van der Waals surface area (Å²) in [6, 6.07) is 16.5. The second-order valence-corrected chi connectivity index (χ2v) is 5.15. The maximum atomic E-state index is 9.16. The molecule has 0 aliphatic rings. The fourth-order valence-corrected chi connectivity index (χ4v) is 2.34. The average molecular weight is 301 g/mol. The lowest BCUT2D eigenvalue weighted by Gasteiger charge is -2.26. The third-order valence-corrected chi connectivity index (χ3v) is 3.68. The predicted molar refractivity (Wildman–Crippen MR) is 84.2 cm³/mol. The molecule has 2 atom stereocenters. The molecule has 0 aliphatic carbocycles. The molecule has 0 spiro atoms. The van der Waals surface area contributed by atoms with E-state index in [4.69, 9.17) is 27.3 Å². The normalized spacial score (nSPS) is 13.2. The predicted octanol–water partition coefficient (Wildman–Crippen LogP) is 4.07. The Balaban J connectivity index is 2.39. The van der Waals surface area contributed by atoms with Crippen LogP contribution in [0.4, 0.5) is 0 Å². The Hall–Kier alpha value is -2.02. The van der Waals surface area contributed by atoms with Gasteiger partial charge in [0.15, 0.2) is 0 Å². The van der Waals surface area contributed by atoms with Crippen molar-refractivity contribution in [3.05, 3.63) is 64.7 Å². The van der Waals surface area contributed by atoms with Gasteiger partial charge in [-0.2, -0.15) is 5.26 Å². The van der Waals surface area contributed by atoms with Crippen molar-refractivity contribution in [1.29, 1.82) is 5.26 Å². The zero-order valence-corrected chi connectivity index (χ0v) is 12.5. The highest BCUT2D eigenvalue weighted by Gasteiger charge is 2.23. The lowest BCUT2D eigenvalue weighted by Crippen LogP contribution is -2.31. The summed E-state index contributed by atoms with van der Waals surface area (Å²) in [6.45, 7) is 1.99. The molecule has 2 aromatic rings. The van der Waals surface area contributed by atoms with E-state index in [1.165, 1.54) is 0 Å². The molecule has 21 heavy (non-hydrogen) atoms. The van der Waals surface area contributed by atoms with E-state index in [-0.39, 0.29) is 6.04 Å². The van der Waals surface area contributed by atoms with Gasteiger partial charge in [0.05, 0.1) is 5.56 Å². The zero-order chi connectivity index (χ0) is 15.2. The average Bonchev–Trinajstić information content (AvgIpc) is 2.53. The molecule has 0 bridgehead atoms.